The SMILES string of the molecule is CCC(F)(F)CC(C)(CC)CCl. The van der Waals surface area contributed by atoms with E-state index in [0.29, 0.717) is 12.3 Å². The molecule has 0 amide bonds. The molecule has 3 heteroatoms. The van der Waals surface area contributed by atoms with Crippen LogP contribution in [0.3, 0.4) is 0 Å². The lowest BCUT2D eigenvalue weighted by Gasteiger charge is -2.29. The molecule has 12 heavy (non-hydrogen) atoms. The molecule has 0 aliphatic heterocycles. The predicted octanol–water partition coefficient (Wildman–Crippen LogP) is 4.08. The van der Waals surface area contributed by atoms with Crippen LogP contribution in [0.15, 0.2) is 0 Å². The molecule has 0 aliphatic rings. The molecule has 74 valence electrons. The molecule has 0 bridgehead atoms. The number of hydrogen-bond donors (Lipinski definition) is 0. The molecule has 0 rings (SSSR count). The van der Waals surface area contributed by atoms with Gasteiger partial charge in [-0.2, -0.15) is 0 Å². The average Bonchev–Trinajstić information content (AvgIpc) is 2.04. The number of hydrogen-bond acceptors (Lipinski definition) is 0. The van der Waals surface area contributed by atoms with Crippen LogP contribution < -0.4 is 0 Å². The van der Waals surface area contributed by atoms with Gasteiger partial charge in [0.15, 0.2) is 0 Å². The van der Waals surface area contributed by atoms with Gasteiger partial charge in [0.05, 0.1) is 0 Å². The van der Waals surface area contributed by atoms with Gasteiger partial charge in [0, 0.05) is 18.7 Å². The number of alkyl halides is 3. The second-order valence-corrected chi connectivity index (χ2v) is 3.95. The van der Waals surface area contributed by atoms with Crippen molar-refractivity contribution in [1.82, 2.24) is 0 Å². The van der Waals surface area contributed by atoms with Gasteiger partial charge in [-0.25, -0.2) is 8.78 Å². The zero-order valence-corrected chi connectivity index (χ0v) is 8.72. The highest BCUT2D eigenvalue weighted by Gasteiger charge is 2.36. The van der Waals surface area contributed by atoms with Crippen molar-refractivity contribution < 1.29 is 8.78 Å². The maximum atomic E-state index is 13.0. The smallest absolute Gasteiger partial charge is 0.207 e. The van der Waals surface area contributed by atoms with Gasteiger partial charge in [-0.15, -0.1) is 11.6 Å². The lowest BCUT2D eigenvalue weighted by atomic mass is 9.83. The van der Waals surface area contributed by atoms with Gasteiger partial charge < -0.3 is 0 Å². The monoisotopic (exact) mass is 198 g/mol. The fourth-order valence-electron chi connectivity index (χ4n) is 1.02. The Kier molecular flexibility index (Phi) is 4.46. The van der Waals surface area contributed by atoms with Crippen molar-refractivity contribution in [3.05, 3.63) is 0 Å². The minimum Gasteiger partial charge on any atom is -0.207 e. The van der Waals surface area contributed by atoms with Gasteiger partial charge >= 0.3 is 0 Å². The van der Waals surface area contributed by atoms with Gasteiger partial charge in [-0.3, -0.25) is 0 Å². The van der Waals surface area contributed by atoms with E-state index in [-0.39, 0.29) is 12.8 Å². The molecule has 1 atom stereocenters. The van der Waals surface area contributed by atoms with E-state index in [1.54, 1.807) is 0 Å². The van der Waals surface area contributed by atoms with E-state index >= 15 is 0 Å². The summed E-state index contributed by atoms with van der Waals surface area (Å²) in [5.41, 5.74) is -0.416. The Morgan fingerprint density at radius 1 is 1.17 bits per heavy atom. The summed E-state index contributed by atoms with van der Waals surface area (Å²) in [5, 5.41) is 0. The molecule has 0 spiro atoms. The summed E-state index contributed by atoms with van der Waals surface area (Å²) < 4.78 is 25.9. The molecule has 0 heterocycles. The third-order valence-electron chi connectivity index (χ3n) is 2.38. The second-order valence-electron chi connectivity index (χ2n) is 3.68. The van der Waals surface area contributed by atoms with Crippen molar-refractivity contribution in [2.45, 2.75) is 46.0 Å². The fourth-order valence-corrected chi connectivity index (χ4v) is 1.30. The van der Waals surface area contributed by atoms with E-state index in [1.165, 1.54) is 6.92 Å². The van der Waals surface area contributed by atoms with Crippen molar-refractivity contribution in [2.24, 2.45) is 5.41 Å². The highest BCUT2D eigenvalue weighted by Crippen LogP contribution is 2.37. The molecular formula is C9H17ClF2. The van der Waals surface area contributed by atoms with Crippen LogP contribution in [0.2, 0.25) is 0 Å². The molecule has 0 saturated heterocycles. The van der Waals surface area contributed by atoms with Crippen LogP contribution in [-0.2, 0) is 0 Å². The van der Waals surface area contributed by atoms with E-state index in [9.17, 15) is 8.78 Å². The molecular weight excluding hydrogens is 182 g/mol. The van der Waals surface area contributed by atoms with Gasteiger partial charge in [0.25, 0.3) is 0 Å². The average molecular weight is 199 g/mol. The highest BCUT2D eigenvalue weighted by atomic mass is 35.5. The molecule has 0 radical (unpaired) electrons. The summed E-state index contributed by atoms with van der Waals surface area (Å²) in [7, 11) is 0. The Balaban J connectivity index is 4.20. The van der Waals surface area contributed by atoms with Crippen molar-refractivity contribution in [1.29, 1.82) is 0 Å². The minimum atomic E-state index is -2.56. The lowest BCUT2D eigenvalue weighted by Crippen LogP contribution is -2.28. The molecule has 0 aromatic carbocycles. The summed E-state index contributed by atoms with van der Waals surface area (Å²) in [6, 6.07) is 0. The molecule has 1 unspecified atom stereocenters. The number of rotatable bonds is 5. The van der Waals surface area contributed by atoms with Crippen LogP contribution in [0.4, 0.5) is 8.78 Å². The van der Waals surface area contributed by atoms with Crippen LogP contribution in [0.25, 0.3) is 0 Å². The topological polar surface area (TPSA) is 0 Å². The minimum absolute atomic E-state index is 0.0977. The van der Waals surface area contributed by atoms with Crippen LogP contribution in [-0.4, -0.2) is 11.8 Å². The molecule has 0 saturated carbocycles. The third kappa shape index (κ3) is 3.70. The Bertz CT molecular complexity index is 130. The molecule has 0 aromatic heterocycles. The van der Waals surface area contributed by atoms with Crippen molar-refractivity contribution in [3.8, 4) is 0 Å². The maximum absolute atomic E-state index is 13.0. The zero-order valence-electron chi connectivity index (χ0n) is 7.96. The van der Waals surface area contributed by atoms with Crippen LogP contribution in [0, 0.1) is 5.41 Å². The highest BCUT2D eigenvalue weighted by molar-refractivity contribution is 6.18. The summed E-state index contributed by atoms with van der Waals surface area (Å²) in [5.74, 6) is -2.25. The summed E-state index contributed by atoms with van der Waals surface area (Å²) >= 11 is 5.64. The zero-order chi connectivity index (χ0) is 9.83. The molecule has 0 N–H and O–H groups in total. The summed E-state index contributed by atoms with van der Waals surface area (Å²) in [6.07, 6.45) is 0.502. The van der Waals surface area contributed by atoms with Gasteiger partial charge in [0.2, 0.25) is 5.92 Å². The Labute approximate surface area is 78.3 Å². The van der Waals surface area contributed by atoms with E-state index in [4.69, 9.17) is 11.6 Å². The Morgan fingerprint density at radius 3 is 1.92 bits per heavy atom. The maximum Gasteiger partial charge on any atom is 0.248 e. The van der Waals surface area contributed by atoms with Crippen molar-refractivity contribution >= 4 is 11.6 Å². The quantitative estimate of drug-likeness (QED) is 0.584. The third-order valence-corrected chi connectivity index (χ3v) is 3.02. The van der Waals surface area contributed by atoms with Gasteiger partial charge in [-0.1, -0.05) is 20.8 Å². The second kappa shape index (κ2) is 4.40. The Hall–Kier alpha value is 0.150. The lowest BCUT2D eigenvalue weighted by molar-refractivity contribution is -0.0422. The Morgan fingerprint density at radius 2 is 1.67 bits per heavy atom. The first-order valence-corrected chi connectivity index (χ1v) is 4.86. The number of halogens is 3. The van der Waals surface area contributed by atoms with E-state index in [1.807, 2.05) is 13.8 Å². The summed E-state index contributed by atoms with van der Waals surface area (Å²) in [4.78, 5) is 0. The van der Waals surface area contributed by atoms with E-state index < -0.39 is 11.3 Å². The van der Waals surface area contributed by atoms with E-state index in [0.717, 1.165) is 0 Å². The molecule has 0 fully saturated rings. The van der Waals surface area contributed by atoms with Gasteiger partial charge in [0.1, 0.15) is 0 Å². The largest absolute Gasteiger partial charge is 0.248 e. The van der Waals surface area contributed by atoms with Crippen LogP contribution >= 0.6 is 11.6 Å². The predicted molar refractivity (Wildman–Crippen MR) is 49.0 cm³/mol. The summed E-state index contributed by atoms with van der Waals surface area (Å²) in [6.45, 7) is 5.21. The first kappa shape index (κ1) is 12.2. The molecule has 0 aromatic rings. The van der Waals surface area contributed by atoms with Crippen LogP contribution in [0.5, 0.6) is 0 Å². The normalized spacial score (nSPS) is 17.5. The van der Waals surface area contributed by atoms with E-state index in [2.05, 4.69) is 0 Å². The van der Waals surface area contributed by atoms with Crippen LogP contribution in [0.1, 0.15) is 40.0 Å². The van der Waals surface area contributed by atoms with Crippen molar-refractivity contribution in [2.75, 3.05) is 5.88 Å². The van der Waals surface area contributed by atoms with Crippen molar-refractivity contribution in [3.63, 3.8) is 0 Å². The molecule has 0 nitrogen and oxygen atoms in total. The molecule has 0 aliphatic carbocycles. The fraction of sp³-hybridized carbons (Fsp3) is 1.00. The first-order chi connectivity index (χ1) is 5.39. The first-order valence-electron chi connectivity index (χ1n) is 4.33. The van der Waals surface area contributed by atoms with Gasteiger partial charge in [-0.05, 0) is 11.8 Å². The standard InChI is InChI=1S/C9H17ClF2/c1-4-8(3,7-10)6-9(11,12)5-2/h4-7H2,1-3H3.